The maximum absolute atomic E-state index is 12.7. The Morgan fingerprint density at radius 3 is 2.30 bits per heavy atom. The summed E-state index contributed by atoms with van der Waals surface area (Å²) >= 11 is 0. The number of nitro benzene ring substituents is 1. The van der Waals surface area contributed by atoms with Crippen LogP contribution in [0.5, 0.6) is 0 Å². The molecule has 0 aliphatic carbocycles. The summed E-state index contributed by atoms with van der Waals surface area (Å²) in [5.41, 5.74) is 2.61. The van der Waals surface area contributed by atoms with E-state index in [9.17, 15) is 23.3 Å². The molecular weight excluding hydrogens is 406 g/mol. The molecular formula is C21H19N3O5S. The summed E-state index contributed by atoms with van der Waals surface area (Å²) in [5, 5.41) is 13.4. The van der Waals surface area contributed by atoms with Crippen molar-refractivity contribution < 1.29 is 18.1 Å². The van der Waals surface area contributed by atoms with E-state index in [2.05, 4.69) is 10.0 Å². The summed E-state index contributed by atoms with van der Waals surface area (Å²) < 4.78 is 27.9. The van der Waals surface area contributed by atoms with Crippen LogP contribution in [0.15, 0.2) is 71.6 Å². The van der Waals surface area contributed by atoms with Crippen molar-refractivity contribution in [3.05, 3.63) is 93.5 Å². The molecule has 0 bridgehead atoms. The van der Waals surface area contributed by atoms with E-state index in [4.69, 9.17) is 0 Å². The molecule has 3 aromatic carbocycles. The van der Waals surface area contributed by atoms with Crippen molar-refractivity contribution in [3.8, 4) is 0 Å². The number of carbonyl (C=O) groups excluding carboxylic acids is 1. The number of hydrogen-bond acceptors (Lipinski definition) is 5. The summed E-state index contributed by atoms with van der Waals surface area (Å²) in [6.45, 7) is 3.72. The number of nitrogens with one attached hydrogen (secondary N) is 2. The quantitative estimate of drug-likeness (QED) is 0.452. The summed E-state index contributed by atoms with van der Waals surface area (Å²) in [7, 11) is -3.83. The highest BCUT2D eigenvalue weighted by Gasteiger charge is 2.17. The molecule has 0 aromatic heterocycles. The van der Waals surface area contributed by atoms with Crippen LogP contribution in [0.4, 0.5) is 17.1 Å². The Labute approximate surface area is 173 Å². The van der Waals surface area contributed by atoms with Gasteiger partial charge in [0, 0.05) is 23.4 Å². The molecule has 30 heavy (non-hydrogen) atoms. The predicted octanol–water partition coefficient (Wildman–Crippen LogP) is 4.26. The van der Waals surface area contributed by atoms with Crippen LogP contribution in [0.3, 0.4) is 0 Å². The van der Waals surface area contributed by atoms with E-state index in [1.807, 2.05) is 19.9 Å². The zero-order valence-corrected chi connectivity index (χ0v) is 17.1. The van der Waals surface area contributed by atoms with Crippen molar-refractivity contribution in [2.75, 3.05) is 10.0 Å². The standard InChI is InChI=1S/C21H19N3O5S/c1-14-5-3-8-20(15(14)2)23-30(28,29)19-11-9-16(10-12-19)21(25)22-17-6-4-7-18(13-17)24(26)27/h3-13,23H,1-2H3,(H,22,25). The van der Waals surface area contributed by atoms with Crippen molar-refractivity contribution in [1.29, 1.82) is 0 Å². The number of sulfonamides is 1. The maximum atomic E-state index is 12.7. The molecule has 0 fully saturated rings. The first-order valence-corrected chi connectivity index (χ1v) is 10.4. The van der Waals surface area contributed by atoms with Crippen molar-refractivity contribution in [3.63, 3.8) is 0 Å². The van der Waals surface area contributed by atoms with Gasteiger partial charge in [0.2, 0.25) is 0 Å². The molecule has 3 aromatic rings. The SMILES string of the molecule is Cc1cccc(NS(=O)(=O)c2ccc(C(=O)Nc3cccc([N+](=O)[O-])c3)cc2)c1C. The molecule has 1 amide bonds. The highest BCUT2D eigenvalue weighted by atomic mass is 32.2. The van der Waals surface area contributed by atoms with Gasteiger partial charge in [-0.3, -0.25) is 19.6 Å². The molecule has 0 saturated heterocycles. The number of carbonyl (C=O) groups is 1. The van der Waals surface area contributed by atoms with Crippen molar-refractivity contribution in [2.24, 2.45) is 0 Å². The average Bonchev–Trinajstić information content (AvgIpc) is 2.71. The molecule has 0 saturated carbocycles. The van der Waals surface area contributed by atoms with Crippen LogP contribution >= 0.6 is 0 Å². The molecule has 0 aliphatic heterocycles. The second-order valence-electron chi connectivity index (χ2n) is 6.64. The Morgan fingerprint density at radius 1 is 0.967 bits per heavy atom. The van der Waals surface area contributed by atoms with Crippen LogP contribution < -0.4 is 10.0 Å². The minimum Gasteiger partial charge on any atom is -0.322 e. The number of anilines is 2. The van der Waals surface area contributed by atoms with Gasteiger partial charge in [-0.15, -0.1) is 0 Å². The fourth-order valence-corrected chi connectivity index (χ4v) is 3.87. The zero-order chi connectivity index (χ0) is 21.9. The third-order valence-electron chi connectivity index (χ3n) is 4.59. The highest BCUT2D eigenvalue weighted by molar-refractivity contribution is 7.92. The van der Waals surface area contributed by atoms with Crippen LogP contribution in [-0.4, -0.2) is 19.2 Å². The lowest BCUT2D eigenvalue weighted by atomic mass is 10.1. The van der Waals surface area contributed by atoms with E-state index in [-0.39, 0.29) is 21.8 Å². The Hall–Kier alpha value is -3.72. The van der Waals surface area contributed by atoms with Gasteiger partial charge in [-0.1, -0.05) is 18.2 Å². The van der Waals surface area contributed by atoms with E-state index < -0.39 is 20.9 Å². The van der Waals surface area contributed by atoms with Crippen LogP contribution in [-0.2, 0) is 10.0 Å². The van der Waals surface area contributed by atoms with Crippen LogP contribution in [0, 0.1) is 24.0 Å². The first-order valence-electron chi connectivity index (χ1n) is 8.92. The number of amides is 1. The minimum absolute atomic E-state index is 0.00954. The first kappa shape index (κ1) is 21.0. The van der Waals surface area contributed by atoms with E-state index >= 15 is 0 Å². The Balaban J connectivity index is 1.76. The van der Waals surface area contributed by atoms with Gasteiger partial charge in [-0.2, -0.15) is 0 Å². The van der Waals surface area contributed by atoms with Crippen LogP contribution in [0.2, 0.25) is 0 Å². The molecule has 0 spiro atoms. The largest absolute Gasteiger partial charge is 0.322 e. The molecule has 0 atom stereocenters. The number of aryl methyl sites for hydroxylation is 1. The molecule has 0 heterocycles. The Bertz CT molecular complexity index is 1220. The fraction of sp³-hybridized carbons (Fsp3) is 0.0952. The van der Waals surface area contributed by atoms with Gasteiger partial charge in [-0.05, 0) is 61.4 Å². The van der Waals surface area contributed by atoms with Crippen LogP contribution in [0.25, 0.3) is 0 Å². The number of benzene rings is 3. The normalized spacial score (nSPS) is 11.0. The van der Waals surface area contributed by atoms with Crippen LogP contribution in [0.1, 0.15) is 21.5 Å². The smallest absolute Gasteiger partial charge is 0.271 e. The molecule has 9 heteroatoms. The van der Waals surface area contributed by atoms with Crippen molar-refractivity contribution in [2.45, 2.75) is 18.7 Å². The van der Waals surface area contributed by atoms with Crippen molar-refractivity contribution in [1.82, 2.24) is 0 Å². The lowest BCUT2D eigenvalue weighted by molar-refractivity contribution is -0.384. The van der Waals surface area contributed by atoms with E-state index in [0.29, 0.717) is 5.69 Å². The predicted molar refractivity (Wildman–Crippen MR) is 114 cm³/mol. The number of hydrogen-bond donors (Lipinski definition) is 2. The van der Waals surface area contributed by atoms with E-state index in [1.165, 1.54) is 48.5 Å². The second-order valence-corrected chi connectivity index (χ2v) is 8.32. The van der Waals surface area contributed by atoms with Crippen molar-refractivity contribution >= 4 is 33.0 Å². The molecule has 154 valence electrons. The van der Waals surface area contributed by atoms with Gasteiger partial charge in [-0.25, -0.2) is 8.42 Å². The van der Waals surface area contributed by atoms with Gasteiger partial charge in [0.05, 0.1) is 15.5 Å². The number of rotatable bonds is 6. The minimum atomic E-state index is -3.83. The van der Waals surface area contributed by atoms with Gasteiger partial charge in [0.25, 0.3) is 21.6 Å². The molecule has 0 unspecified atom stereocenters. The molecule has 2 N–H and O–H groups in total. The molecule has 0 aliphatic rings. The summed E-state index contributed by atoms with van der Waals surface area (Å²) in [6, 6.07) is 16.3. The van der Waals surface area contributed by atoms with E-state index in [1.54, 1.807) is 12.1 Å². The van der Waals surface area contributed by atoms with Gasteiger partial charge < -0.3 is 5.32 Å². The zero-order valence-electron chi connectivity index (χ0n) is 16.2. The Kier molecular flexibility index (Phi) is 5.84. The third-order valence-corrected chi connectivity index (χ3v) is 5.97. The number of non-ortho nitro benzene ring substituents is 1. The lowest BCUT2D eigenvalue weighted by Crippen LogP contribution is -2.15. The molecule has 3 rings (SSSR count). The fourth-order valence-electron chi connectivity index (χ4n) is 2.75. The van der Waals surface area contributed by atoms with Gasteiger partial charge in [0.15, 0.2) is 0 Å². The van der Waals surface area contributed by atoms with Gasteiger partial charge in [0.1, 0.15) is 0 Å². The van der Waals surface area contributed by atoms with Gasteiger partial charge >= 0.3 is 0 Å². The monoisotopic (exact) mass is 425 g/mol. The topological polar surface area (TPSA) is 118 Å². The summed E-state index contributed by atoms with van der Waals surface area (Å²) in [6.07, 6.45) is 0. The lowest BCUT2D eigenvalue weighted by Gasteiger charge is -2.12. The maximum Gasteiger partial charge on any atom is 0.271 e. The second kappa shape index (κ2) is 8.34. The number of nitrogens with zero attached hydrogens (tertiary/aromatic N) is 1. The van der Waals surface area contributed by atoms with E-state index in [0.717, 1.165) is 11.1 Å². The Morgan fingerprint density at radius 2 is 1.63 bits per heavy atom. The molecule has 8 nitrogen and oxygen atoms in total. The average molecular weight is 425 g/mol. The summed E-state index contributed by atoms with van der Waals surface area (Å²) in [5.74, 6) is -0.512. The molecule has 0 radical (unpaired) electrons. The first-order chi connectivity index (χ1) is 14.2. The third kappa shape index (κ3) is 4.64. The number of nitro groups is 1. The highest BCUT2D eigenvalue weighted by Crippen LogP contribution is 2.23. The summed E-state index contributed by atoms with van der Waals surface area (Å²) in [4.78, 5) is 22.7.